The van der Waals surface area contributed by atoms with Crippen LogP contribution in [0.25, 0.3) is 0 Å². The molecule has 0 atom stereocenters. The minimum atomic E-state index is -0.441. The van der Waals surface area contributed by atoms with Crippen LogP contribution < -0.4 is 16.0 Å². The van der Waals surface area contributed by atoms with E-state index in [-0.39, 0.29) is 18.4 Å². The van der Waals surface area contributed by atoms with Gasteiger partial charge in [-0.2, -0.15) is 0 Å². The Hall–Kier alpha value is -1.67. The largest absolute Gasteiger partial charge is 0.352 e. The zero-order valence-electron chi connectivity index (χ0n) is 14.6. The number of piperazine rings is 1. The average molecular weight is 339 g/mol. The summed E-state index contributed by atoms with van der Waals surface area (Å²) in [6.45, 7) is 8.11. The number of rotatable bonds is 7. The van der Waals surface area contributed by atoms with Gasteiger partial charge in [-0.05, 0) is 18.8 Å². The van der Waals surface area contributed by atoms with E-state index < -0.39 is 6.03 Å². The van der Waals surface area contributed by atoms with Crippen LogP contribution in [0.2, 0.25) is 0 Å². The van der Waals surface area contributed by atoms with E-state index in [1.807, 2.05) is 18.7 Å². The molecule has 0 unspecified atom stereocenters. The van der Waals surface area contributed by atoms with Gasteiger partial charge in [-0.3, -0.25) is 24.7 Å². The van der Waals surface area contributed by atoms with E-state index >= 15 is 0 Å². The number of imide groups is 1. The van der Waals surface area contributed by atoms with Crippen LogP contribution in [0.5, 0.6) is 0 Å². The van der Waals surface area contributed by atoms with Crippen molar-refractivity contribution < 1.29 is 14.4 Å². The number of hydrogen-bond donors (Lipinski definition) is 3. The number of urea groups is 1. The van der Waals surface area contributed by atoms with Gasteiger partial charge >= 0.3 is 6.03 Å². The van der Waals surface area contributed by atoms with Gasteiger partial charge in [-0.1, -0.05) is 13.8 Å². The third-order valence-electron chi connectivity index (χ3n) is 4.07. The number of carbonyl (C=O) groups excluding carboxylic acids is 3. The van der Waals surface area contributed by atoms with Crippen molar-refractivity contribution in [3.63, 3.8) is 0 Å². The first kappa shape index (κ1) is 18.7. The molecule has 1 heterocycles. The van der Waals surface area contributed by atoms with E-state index in [0.29, 0.717) is 25.0 Å². The van der Waals surface area contributed by atoms with Crippen molar-refractivity contribution in [2.45, 2.75) is 32.7 Å². The molecule has 0 aromatic carbocycles. The zero-order valence-corrected chi connectivity index (χ0v) is 14.6. The quantitative estimate of drug-likeness (QED) is 0.574. The lowest BCUT2D eigenvalue weighted by Crippen LogP contribution is -2.52. The molecule has 1 aliphatic carbocycles. The second-order valence-electron chi connectivity index (χ2n) is 7.05. The summed E-state index contributed by atoms with van der Waals surface area (Å²) in [6, 6.07) is -0.0478. The molecule has 1 saturated heterocycles. The summed E-state index contributed by atoms with van der Waals surface area (Å²) in [5.41, 5.74) is 0. The standard InChI is InChI=1S/C16H29N5O3/c1-12(2)9-17-16(24)19-15(23)11-21-7-5-20(6-8-21)10-14(22)18-13-3-4-13/h12-13H,3-11H2,1-2H3,(H,18,22)(H2,17,19,23,24). The van der Waals surface area contributed by atoms with E-state index in [0.717, 1.165) is 39.0 Å². The Labute approximate surface area is 143 Å². The fraction of sp³-hybridized carbons (Fsp3) is 0.812. The summed E-state index contributed by atoms with van der Waals surface area (Å²) in [4.78, 5) is 39.3. The van der Waals surface area contributed by atoms with Crippen LogP contribution in [0.4, 0.5) is 4.79 Å². The van der Waals surface area contributed by atoms with Crippen LogP contribution in [-0.4, -0.2) is 79.5 Å². The summed E-state index contributed by atoms with van der Waals surface area (Å²) < 4.78 is 0. The molecule has 136 valence electrons. The van der Waals surface area contributed by atoms with Crippen molar-refractivity contribution in [2.24, 2.45) is 5.92 Å². The smallest absolute Gasteiger partial charge is 0.321 e. The molecule has 3 N–H and O–H groups in total. The Balaban J connectivity index is 1.58. The average Bonchev–Trinajstić information content (AvgIpc) is 3.31. The zero-order chi connectivity index (χ0) is 17.5. The predicted molar refractivity (Wildman–Crippen MR) is 90.4 cm³/mol. The van der Waals surface area contributed by atoms with Gasteiger partial charge in [0.15, 0.2) is 0 Å². The lowest BCUT2D eigenvalue weighted by Gasteiger charge is -2.33. The second kappa shape index (κ2) is 8.98. The van der Waals surface area contributed by atoms with Crippen molar-refractivity contribution in [1.29, 1.82) is 0 Å². The van der Waals surface area contributed by atoms with Gasteiger partial charge in [0.25, 0.3) is 0 Å². The molecule has 24 heavy (non-hydrogen) atoms. The molecule has 8 heteroatoms. The van der Waals surface area contributed by atoms with Crippen molar-refractivity contribution in [2.75, 3.05) is 45.8 Å². The molecule has 8 nitrogen and oxygen atoms in total. The SMILES string of the molecule is CC(C)CNC(=O)NC(=O)CN1CCN(CC(=O)NC2CC2)CC1. The summed E-state index contributed by atoms with van der Waals surface area (Å²) in [7, 11) is 0. The van der Waals surface area contributed by atoms with Crippen LogP contribution >= 0.6 is 0 Å². The van der Waals surface area contributed by atoms with Crippen molar-refractivity contribution in [3.8, 4) is 0 Å². The van der Waals surface area contributed by atoms with Crippen LogP contribution in [0.1, 0.15) is 26.7 Å². The topological polar surface area (TPSA) is 93.8 Å². The van der Waals surface area contributed by atoms with Crippen LogP contribution in [0.3, 0.4) is 0 Å². The van der Waals surface area contributed by atoms with Crippen LogP contribution in [0.15, 0.2) is 0 Å². The highest BCUT2D eigenvalue weighted by Crippen LogP contribution is 2.18. The maximum Gasteiger partial charge on any atom is 0.321 e. The Morgan fingerprint density at radius 1 is 0.958 bits per heavy atom. The minimum absolute atomic E-state index is 0.0884. The molecule has 0 spiro atoms. The number of amides is 4. The highest BCUT2D eigenvalue weighted by Gasteiger charge is 2.25. The number of nitrogens with zero attached hydrogens (tertiary/aromatic N) is 2. The Morgan fingerprint density at radius 3 is 2.00 bits per heavy atom. The summed E-state index contributed by atoms with van der Waals surface area (Å²) in [5, 5.41) is 7.99. The Morgan fingerprint density at radius 2 is 1.50 bits per heavy atom. The summed E-state index contributed by atoms with van der Waals surface area (Å²) in [6.07, 6.45) is 2.19. The minimum Gasteiger partial charge on any atom is -0.352 e. The summed E-state index contributed by atoms with van der Waals surface area (Å²) in [5.74, 6) is 0.137. The van der Waals surface area contributed by atoms with E-state index in [1.54, 1.807) is 0 Å². The third-order valence-corrected chi connectivity index (χ3v) is 4.07. The van der Waals surface area contributed by atoms with Gasteiger partial charge < -0.3 is 10.6 Å². The number of nitrogens with one attached hydrogen (secondary N) is 3. The van der Waals surface area contributed by atoms with Crippen LogP contribution in [0, 0.1) is 5.92 Å². The molecule has 2 aliphatic rings. The molecular weight excluding hydrogens is 310 g/mol. The highest BCUT2D eigenvalue weighted by atomic mass is 16.2. The van der Waals surface area contributed by atoms with E-state index in [2.05, 4.69) is 20.9 Å². The Bertz CT molecular complexity index is 457. The third kappa shape index (κ3) is 7.27. The first-order valence-corrected chi connectivity index (χ1v) is 8.74. The fourth-order valence-corrected chi connectivity index (χ4v) is 2.52. The lowest BCUT2D eigenvalue weighted by molar-refractivity contribution is -0.124. The van der Waals surface area contributed by atoms with E-state index in [1.165, 1.54) is 0 Å². The summed E-state index contributed by atoms with van der Waals surface area (Å²) >= 11 is 0. The molecular formula is C16H29N5O3. The van der Waals surface area contributed by atoms with E-state index in [9.17, 15) is 14.4 Å². The highest BCUT2D eigenvalue weighted by molar-refractivity contribution is 5.95. The number of hydrogen-bond acceptors (Lipinski definition) is 5. The predicted octanol–water partition coefficient (Wildman–Crippen LogP) is -0.636. The van der Waals surface area contributed by atoms with Crippen molar-refractivity contribution >= 4 is 17.8 Å². The molecule has 0 aromatic heterocycles. The van der Waals surface area contributed by atoms with Crippen LogP contribution in [-0.2, 0) is 9.59 Å². The maximum atomic E-state index is 11.9. The molecule has 0 aromatic rings. The van der Waals surface area contributed by atoms with E-state index in [4.69, 9.17) is 0 Å². The molecule has 1 saturated carbocycles. The lowest BCUT2D eigenvalue weighted by atomic mass is 10.2. The van der Waals surface area contributed by atoms with Gasteiger partial charge in [0.05, 0.1) is 13.1 Å². The van der Waals surface area contributed by atoms with Crippen molar-refractivity contribution in [1.82, 2.24) is 25.8 Å². The number of carbonyl (C=O) groups is 3. The van der Waals surface area contributed by atoms with Gasteiger partial charge in [-0.25, -0.2) is 4.79 Å². The van der Waals surface area contributed by atoms with Gasteiger partial charge in [0, 0.05) is 38.8 Å². The Kier molecular flexibility index (Phi) is 6.99. The van der Waals surface area contributed by atoms with Gasteiger partial charge in [0.1, 0.15) is 0 Å². The second-order valence-corrected chi connectivity index (χ2v) is 7.05. The molecule has 2 rings (SSSR count). The fourth-order valence-electron chi connectivity index (χ4n) is 2.52. The monoisotopic (exact) mass is 339 g/mol. The molecule has 0 radical (unpaired) electrons. The molecule has 2 fully saturated rings. The first-order valence-electron chi connectivity index (χ1n) is 8.74. The molecule has 4 amide bonds. The first-order chi connectivity index (χ1) is 11.4. The van der Waals surface area contributed by atoms with Gasteiger partial charge in [0.2, 0.25) is 11.8 Å². The maximum absolute atomic E-state index is 11.9. The molecule has 1 aliphatic heterocycles. The normalized spacial score (nSPS) is 19.1. The van der Waals surface area contributed by atoms with Crippen molar-refractivity contribution in [3.05, 3.63) is 0 Å². The molecule has 0 bridgehead atoms. The van der Waals surface area contributed by atoms with Gasteiger partial charge in [-0.15, -0.1) is 0 Å².